The van der Waals surface area contributed by atoms with Crippen LogP contribution in [-0.4, -0.2) is 29.4 Å². The SMILES string of the molecule is CC(C)N(CCC#N)C(=O)C(N)C(C)(C)C. The minimum absolute atomic E-state index is 0.0715. The van der Waals surface area contributed by atoms with Crippen molar-refractivity contribution in [3.63, 3.8) is 0 Å². The maximum atomic E-state index is 12.1. The molecule has 2 N–H and O–H groups in total. The Morgan fingerprint density at radius 2 is 1.94 bits per heavy atom. The molecule has 1 unspecified atom stereocenters. The van der Waals surface area contributed by atoms with Gasteiger partial charge >= 0.3 is 0 Å². The van der Waals surface area contributed by atoms with E-state index in [-0.39, 0.29) is 17.4 Å². The van der Waals surface area contributed by atoms with Gasteiger partial charge in [0.25, 0.3) is 0 Å². The number of nitrogens with zero attached hydrogens (tertiary/aromatic N) is 2. The van der Waals surface area contributed by atoms with Gasteiger partial charge in [0, 0.05) is 12.6 Å². The van der Waals surface area contributed by atoms with Gasteiger partial charge in [-0.2, -0.15) is 5.26 Å². The van der Waals surface area contributed by atoms with E-state index in [2.05, 4.69) is 6.07 Å². The Morgan fingerprint density at radius 1 is 1.44 bits per heavy atom. The zero-order chi connectivity index (χ0) is 12.9. The van der Waals surface area contributed by atoms with Crippen molar-refractivity contribution in [2.45, 2.75) is 53.1 Å². The maximum Gasteiger partial charge on any atom is 0.240 e. The smallest absolute Gasteiger partial charge is 0.240 e. The molecule has 0 aliphatic carbocycles. The van der Waals surface area contributed by atoms with Gasteiger partial charge in [-0.3, -0.25) is 4.79 Å². The Hall–Kier alpha value is -1.08. The molecule has 4 heteroatoms. The van der Waals surface area contributed by atoms with Crippen molar-refractivity contribution in [3.05, 3.63) is 0 Å². The largest absolute Gasteiger partial charge is 0.338 e. The van der Waals surface area contributed by atoms with E-state index in [9.17, 15) is 4.79 Å². The van der Waals surface area contributed by atoms with E-state index in [1.165, 1.54) is 0 Å². The van der Waals surface area contributed by atoms with E-state index in [1.54, 1.807) is 4.90 Å². The average molecular weight is 225 g/mol. The highest BCUT2D eigenvalue weighted by atomic mass is 16.2. The normalized spacial score (nSPS) is 13.4. The molecule has 0 fully saturated rings. The second-order valence-electron chi connectivity index (χ2n) is 5.38. The molecule has 0 saturated carbocycles. The van der Waals surface area contributed by atoms with Gasteiger partial charge < -0.3 is 10.6 Å². The molecule has 0 aromatic heterocycles. The van der Waals surface area contributed by atoms with Crippen LogP contribution in [0.15, 0.2) is 0 Å². The number of carbonyl (C=O) groups excluding carboxylic acids is 1. The maximum absolute atomic E-state index is 12.1. The monoisotopic (exact) mass is 225 g/mol. The molecule has 0 heterocycles. The Bertz CT molecular complexity index is 273. The highest BCUT2D eigenvalue weighted by molar-refractivity contribution is 5.82. The van der Waals surface area contributed by atoms with Crippen LogP contribution in [0.4, 0.5) is 0 Å². The summed E-state index contributed by atoms with van der Waals surface area (Å²) >= 11 is 0. The predicted molar refractivity (Wildman–Crippen MR) is 64.5 cm³/mol. The fraction of sp³-hybridized carbons (Fsp3) is 0.833. The molecule has 0 saturated heterocycles. The van der Waals surface area contributed by atoms with Crippen LogP contribution in [0.3, 0.4) is 0 Å². The van der Waals surface area contributed by atoms with Gasteiger partial charge in [-0.05, 0) is 19.3 Å². The Labute approximate surface area is 98.4 Å². The summed E-state index contributed by atoms with van der Waals surface area (Å²) in [7, 11) is 0. The first-order chi connectivity index (χ1) is 7.21. The minimum Gasteiger partial charge on any atom is -0.338 e. The van der Waals surface area contributed by atoms with Gasteiger partial charge in [0.1, 0.15) is 0 Å². The van der Waals surface area contributed by atoms with E-state index < -0.39 is 6.04 Å². The molecule has 4 nitrogen and oxygen atoms in total. The lowest BCUT2D eigenvalue weighted by Crippen LogP contribution is -2.52. The summed E-state index contributed by atoms with van der Waals surface area (Å²) in [6, 6.07) is 1.61. The topological polar surface area (TPSA) is 70.1 Å². The Balaban J connectivity index is 4.69. The predicted octanol–water partition coefficient (Wildman–Crippen LogP) is 1.51. The number of carbonyl (C=O) groups is 1. The van der Waals surface area contributed by atoms with E-state index in [1.807, 2.05) is 34.6 Å². The van der Waals surface area contributed by atoms with Crippen LogP contribution in [0.5, 0.6) is 0 Å². The van der Waals surface area contributed by atoms with Crippen LogP contribution in [0.25, 0.3) is 0 Å². The molecule has 92 valence electrons. The van der Waals surface area contributed by atoms with Crippen molar-refractivity contribution in [1.82, 2.24) is 4.90 Å². The third-order valence-electron chi connectivity index (χ3n) is 2.57. The highest BCUT2D eigenvalue weighted by Crippen LogP contribution is 2.20. The van der Waals surface area contributed by atoms with Crippen molar-refractivity contribution in [1.29, 1.82) is 5.26 Å². The highest BCUT2D eigenvalue weighted by Gasteiger charge is 2.31. The van der Waals surface area contributed by atoms with Crippen LogP contribution in [-0.2, 0) is 4.79 Å². The molecule has 0 aliphatic heterocycles. The molecular weight excluding hydrogens is 202 g/mol. The number of hydrogen-bond acceptors (Lipinski definition) is 3. The number of amides is 1. The lowest BCUT2D eigenvalue weighted by atomic mass is 9.86. The molecule has 0 rings (SSSR count). The van der Waals surface area contributed by atoms with Crippen molar-refractivity contribution in [2.75, 3.05) is 6.54 Å². The van der Waals surface area contributed by atoms with Crippen LogP contribution in [0.1, 0.15) is 41.0 Å². The van der Waals surface area contributed by atoms with E-state index in [0.717, 1.165) is 0 Å². The number of hydrogen-bond donors (Lipinski definition) is 1. The zero-order valence-corrected chi connectivity index (χ0v) is 10.9. The Morgan fingerprint density at radius 3 is 2.25 bits per heavy atom. The van der Waals surface area contributed by atoms with Crippen molar-refractivity contribution >= 4 is 5.91 Å². The lowest BCUT2D eigenvalue weighted by molar-refractivity contribution is -0.136. The molecule has 0 aromatic carbocycles. The minimum atomic E-state index is -0.520. The van der Waals surface area contributed by atoms with Crippen LogP contribution >= 0.6 is 0 Å². The molecule has 0 spiro atoms. The van der Waals surface area contributed by atoms with E-state index >= 15 is 0 Å². The van der Waals surface area contributed by atoms with Crippen molar-refractivity contribution in [3.8, 4) is 6.07 Å². The summed E-state index contributed by atoms with van der Waals surface area (Å²) in [5.74, 6) is -0.0715. The van der Waals surface area contributed by atoms with Gasteiger partial charge in [0.05, 0.1) is 18.5 Å². The van der Waals surface area contributed by atoms with Crippen LogP contribution in [0, 0.1) is 16.7 Å². The molecular formula is C12H23N3O. The summed E-state index contributed by atoms with van der Waals surface area (Å²) in [4.78, 5) is 13.8. The summed E-state index contributed by atoms with van der Waals surface area (Å²) in [6.45, 7) is 10.2. The molecule has 0 radical (unpaired) electrons. The molecule has 1 amide bonds. The van der Waals surface area contributed by atoms with Gasteiger partial charge in [-0.1, -0.05) is 20.8 Å². The van der Waals surface area contributed by atoms with Crippen molar-refractivity contribution < 1.29 is 4.79 Å². The second kappa shape index (κ2) is 5.86. The number of nitrogens with two attached hydrogens (primary N) is 1. The third kappa shape index (κ3) is 4.19. The van der Waals surface area contributed by atoms with Gasteiger partial charge in [-0.15, -0.1) is 0 Å². The first kappa shape index (κ1) is 14.9. The summed E-state index contributed by atoms with van der Waals surface area (Å²) in [5.41, 5.74) is 5.68. The first-order valence-corrected chi connectivity index (χ1v) is 5.64. The average Bonchev–Trinajstić information content (AvgIpc) is 2.15. The molecule has 0 bridgehead atoms. The van der Waals surface area contributed by atoms with Gasteiger partial charge in [0.2, 0.25) is 5.91 Å². The van der Waals surface area contributed by atoms with E-state index in [0.29, 0.717) is 13.0 Å². The molecule has 0 aromatic rings. The quantitative estimate of drug-likeness (QED) is 0.788. The fourth-order valence-electron chi connectivity index (χ4n) is 1.34. The van der Waals surface area contributed by atoms with E-state index in [4.69, 9.17) is 11.0 Å². The van der Waals surface area contributed by atoms with Gasteiger partial charge in [0.15, 0.2) is 0 Å². The fourth-order valence-corrected chi connectivity index (χ4v) is 1.34. The zero-order valence-electron chi connectivity index (χ0n) is 10.9. The molecule has 1 atom stereocenters. The van der Waals surface area contributed by atoms with Crippen LogP contribution < -0.4 is 5.73 Å². The molecule has 16 heavy (non-hydrogen) atoms. The third-order valence-corrected chi connectivity index (χ3v) is 2.57. The number of rotatable bonds is 4. The van der Waals surface area contributed by atoms with Gasteiger partial charge in [-0.25, -0.2) is 0 Å². The molecule has 0 aliphatic rings. The van der Waals surface area contributed by atoms with Crippen molar-refractivity contribution in [2.24, 2.45) is 11.1 Å². The Kier molecular flexibility index (Phi) is 5.46. The summed E-state index contributed by atoms with van der Waals surface area (Å²) < 4.78 is 0. The first-order valence-electron chi connectivity index (χ1n) is 5.64. The summed E-state index contributed by atoms with van der Waals surface area (Å²) in [5, 5.41) is 8.56. The number of nitriles is 1. The second-order valence-corrected chi connectivity index (χ2v) is 5.38. The standard InChI is InChI=1S/C12H23N3O/c1-9(2)15(8-6-7-13)11(16)10(14)12(3,4)5/h9-10H,6,8,14H2,1-5H3. The summed E-state index contributed by atoms with van der Waals surface area (Å²) in [6.07, 6.45) is 0.348. The van der Waals surface area contributed by atoms with Crippen LogP contribution in [0.2, 0.25) is 0 Å². The lowest BCUT2D eigenvalue weighted by Gasteiger charge is -2.34.